The van der Waals surface area contributed by atoms with Crippen molar-refractivity contribution in [2.75, 3.05) is 13.2 Å². The van der Waals surface area contributed by atoms with Gasteiger partial charge in [0.15, 0.2) is 0 Å². The van der Waals surface area contributed by atoms with Crippen LogP contribution in [0.4, 0.5) is 0 Å². The maximum Gasteiger partial charge on any atom is 0.305 e. The number of nitrogens with one attached hydrogen (secondary N) is 1. The zero-order valence-corrected chi connectivity index (χ0v) is 12.3. The molecule has 7 nitrogen and oxygen atoms in total. The number of carboxylic acid groups (broad SMARTS) is 1. The Kier molecular flexibility index (Phi) is 4.95. The molecule has 1 amide bonds. The van der Waals surface area contributed by atoms with Gasteiger partial charge in [-0.1, -0.05) is 0 Å². The highest BCUT2D eigenvalue weighted by molar-refractivity contribution is 5.95. The number of nitrogens with zero attached hydrogens (tertiary/aromatic N) is 2. The van der Waals surface area contributed by atoms with Gasteiger partial charge in [-0.2, -0.15) is 5.10 Å². The Balaban J connectivity index is 2.05. The summed E-state index contributed by atoms with van der Waals surface area (Å²) in [6.45, 7) is 4.95. The van der Waals surface area contributed by atoms with Gasteiger partial charge in [0.05, 0.1) is 24.2 Å². The van der Waals surface area contributed by atoms with Gasteiger partial charge < -0.3 is 15.2 Å². The molecule has 1 aliphatic heterocycles. The van der Waals surface area contributed by atoms with Crippen LogP contribution in [0.25, 0.3) is 0 Å². The number of hydrogen-bond donors (Lipinski definition) is 2. The average molecular weight is 295 g/mol. The first-order valence-electron chi connectivity index (χ1n) is 7.13. The molecule has 0 aromatic carbocycles. The number of ether oxygens (including phenoxy) is 1. The number of rotatable bonds is 5. The summed E-state index contributed by atoms with van der Waals surface area (Å²) < 4.78 is 7.20. The highest BCUT2D eigenvalue weighted by atomic mass is 16.5. The first kappa shape index (κ1) is 15.5. The Bertz CT molecular complexity index is 520. The van der Waals surface area contributed by atoms with Crippen molar-refractivity contribution in [2.45, 2.75) is 45.2 Å². The average Bonchev–Trinajstić information content (AvgIpc) is 2.80. The van der Waals surface area contributed by atoms with Gasteiger partial charge in [-0.25, -0.2) is 0 Å². The molecule has 116 valence electrons. The molecule has 0 bridgehead atoms. The lowest BCUT2D eigenvalue weighted by atomic mass is 10.1. The summed E-state index contributed by atoms with van der Waals surface area (Å²) in [7, 11) is 0. The zero-order chi connectivity index (χ0) is 15.4. The van der Waals surface area contributed by atoms with Crippen LogP contribution in [0.1, 0.15) is 48.3 Å². The van der Waals surface area contributed by atoms with Crippen molar-refractivity contribution < 1.29 is 19.4 Å². The number of aromatic nitrogens is 2. The Labute approximate surface area is 123 Å². The molecule has 7 heteroatoms. The van der Waals surface area contributed by atoms with Crippen LogP contribution >= 0.6 is 0 Å². The van der Waals surface area contributed by atoms with E-state index in [-0.39, 0.29) is 18.4 Å². The van der Waals surface area contributed by atoms with Gasteiger partial charge in [0.25, 0.3) is 5.91 Å². The normalized spacial score (nSPS) is 17.4. The topological polar surface area (TPSA) is 93.5 Å². The molecule has 0 radical (unpaired) electrons. The molecule has 21 heavy (non-hydrogen) atoms. The van der Waals surface area contributed by atoms with Crippen LogP contribution < -0.4 is 5.32 Å². The van der Waals surface area contributed by atoms with E-state index in [0.29, 0.717) is 18.8 Å². The lowest BCUT2D eigenvalue weighted by molar-refractivity contribution is -0.137. The summed E-state index contributed by atoms with van der Waals surface area (Å²) >= 11 is 0. The molecular weight excluding hydrogens is 274 g/mol. The molecule has 1 aromatic rings. The third-order valence-electron chi connectivity index (χ3n) is 3.68. The van der Waals surface area contributed by atoms with Crippen LogP contribution in [0.15, 0.2) is 6.20 Å². The Morgan fingerprint density at radius 2 is 2.19 bits per heavy atom. The second-order valence-corrected chi connectivity index (χ2v) is 5.40. The summed E-state index contributed by atoms with van der Waals surface area (Å²) in [4.78, 5) is 22.8. The zero-order valence-electron chi connectivity index (χ0n) is 12.3. The first-order chi connectivity index (χ1) is 9.99. The molecular formula is C14H21N3O4. The van der Waals surface area contributed by atoms with Gasteiger partial charge in [-0.15, -0.1) is 0 Å². The Morgan fingerprint density at radius 3 is 2.81 bits per heavy atom. The molecule has 0 spiro atoms. The molecule has 1 atom stereocenters. The van der Waals surface area contributed by atoms with E-state index >= 15 is 0 Å². The maximum atomic E-state index is 12.2. The molecule has 1 saturated heterocycles. The number of carboxylic acids is 1. The van der Waals surface area contributed by atoms with Gasteiger partial charge >= 0.3 is 5.97 Å². The lowest BCUT2D eigenvalue weighted by Gasteiger charge is -2.23. The first-order valence-corrected chi connectivity index (χ1v) is 7.13. The fraction of sp³-hybridized carbons (Fsp3) is 0.643. The van der Waals surface area contributed by atoms with Gasteiger partial charge in [0, 0.05) is 24.9 Å². The van der Waals surface area contributed by atoms with E-state index in [1.54, 1.807) is 13.1 Å². The molecule has 1 fully saturated rings. The molecule has 2 heterocycles. The van der Waals surface area contributed by atoms with Crippen LogP contribution in [0.5, 0.6) is 0 Å². The number of hydrogen-bond acceptors (Lipinski definition) is 4. The maximum absolute atomic E-state index is 12.2. The highest BCUT2D eigenvalue weighted by Crippen LogP contribution is 2.23. The summed E-state index contributed by atoms with van der Waals surface area (Å²) in [5.74, 6) is -1.21. The van der Waals surface area contributed by atoms with Crippen molar-refractivity contribution in [1.29, 1.82) is 0 Å². The van der Waals surface area contributed by atoms with Crippen LogP contribution in [-0.4, -0.2) is 46.0 Å². The Hall–Kier alpha value is -1.89. The van der Waals surface area contributed by atoms with E-state index in [0.717, 1.165) is 18.5 Å². The smallest absolute Gasteiger partial charge is 0.305 e. The fourth-order valence-corrected chi connectivity index (χ4v) is 2.56. The number of carbonyl (C=O) groups excluding carboxylic acids is 1. The molecule has 1 unspecified atom stereocenters. The second kappa shape index (κ2) is 6.71. The second-order valence-electron chi connectivity index (χ2n) is 5.40. The quantitative estimate of drug-likeness (QED) is 0.849. The summed E-state index contributed by atoms with van der Waals surface area (Å²) in [5.41, 5.74) is 1.31. The SMILES string of the molecule is Cc1c(C(=O)NC(C)CC(=O)O)cnn1C1CCOCC1. The molecule has 2 rings (SSSR count). The predicted octanol–water partition coefficient (Wildman–Crippen LogP) is 1.14. The number of amides is 1. The number of aliphatic carboxylic acids is 1. The van der Waals surface area contributed by atoms with Gasteiger partial charge in [0.1, 0.15) is 0 Å². The standard InChI is InChI=1S/C14H21N3O4/c1-9(7-13(18)19)16-14(20)12-8-15-17(10(12)2)11-3-5-21-6-4-11/h8-9,11H,3-7H2,1-2H3,(H,16,20)(H,18,19). The van der Waals surface area contributed by atoms with E-state index in [1.165, 1.54) is 0 Å². The predicted molar refractivity (Wildman–Crippen MR) is 75.2 cm³/mol. The minimum atomic E-state index is -0.933. The van der Waals surface area contributed by atoms with Crippen molar-refractivity contribution in [3.8, 4) is 0 Å². The molecule has 1 aliphatic rings. The van der Waals surface area contributed by atoms with E-state index in [1.807, 2.05) is 11.6 Å². The highest BCUT2D eigenvalue weighted by Gasteiger charge is 2.22. The van der Waals surface area contributed by atoms with Crippen LogP contribution in [0.2, 0.25) is 0 Å². The Morgan fingerprint density at radius 1 is 1.52 bits per heavy atom. The van der Waals surface area contributed by atoms with Crippen LogP contribution in [0, 0.1) is 6.92 Å². The van der Waals surface area contributed by atoms with E-state index in [4.69, 9.17) is 9.84 Å². The van der Waals surface area contributed by atoms with Gasteiger partial charge in [-0.3, -0.25) is 14.3 Å². The van der Waals surface area contributed by atoms with Crippen molar-refractivity contribution >= 4 is 11.9 Å². The fourth-order valence-electron chi connectivity index (χ4n) is 2.56. The van der Waals surface area contributed by atoms with Crippen molar-refractivity contribution in [1.82, 2.24) is 15.1 Å². The number of carbonyl (C=O) groups is 2. The van der Waals surface area contributed by atoms with E-state index in [9.17, 15) is 9.59 Å². The van der Waals surface area contributed by atoms with Crippen LogP contribution in [0.3, 0.4) is 0 Å². The van der Waals surface area contributed by atoms with E-state index < -0.39 is 12.0 Å². The summed E-state index contributed by atoms with van der Waals surface area (Å²) in [6, 6.07) is -0.155. The summed E-state index contributed by atoms with van der Waals surface area (Å²) in [5, 5.41) is 15.7. The van der Waals surface area contributed by atoms with Crippen molar-refractivity contribution in [3.05, 3.63) is 17.5 Å². The third-order valence-corrected chi connectivity index (χ3v) is 3.68. The minimum absolute atomic E-state index is 0.0983. The minimum Gasteiger partial charge on any atom is -0.481 e. The van der Waals surface area contributed by atoms with Gasteiger partial charge in [0.2, 0.25) is 0 Å². The molecule has 2 N–H and O–H groups in total. The molecule has 0 saturated carbocycles. The largest absolute Gasteiger partial charge is 0.481 e. The molecule has 1 aromatic heterocycles. The van der Waals surface area contributed by atoms with Crippen LogP contribution in [-0.2, 0) is 9.53 Å². The van der Waals surface area contributed by atoms with Crippen molar-refractivity contribution in [3.63, 3.8) is 0 Å². The van der Waals surface area contributed by atoms with Gasteiger partial charge in [-0.05, 0) is 26.7 Å². The van der Waals surface area contributed by atoms with Crippen molar-refractivity contribution in [2.24, 2.45) is 0 Å². The lowest BCUT2D eigenvalue weighted by Crippen LogP contribution is -2.34. The molecule has 0 aliphatic carbocycles. The van der Waals surface area contributed by atoms with E-state index in [2.05, 4.69) is 10.4 Å². The summed E-state index contributed by atoms with van der Waals surface area (Å²) in [6.07, 6.45) is 3.23. The third kappa shape index (κ3) is 3.81. The monoisotopic (exact) mass is 295 g/mol.